The Balaban J connectivity index is 1.57. The van der Waals surface area contributed by atoms with E-state index in [0.717, 1.165) is 46.1 Å². The van der Waals surface area contributed by atoms with Crippen molar-refractivity contribution in [3.63, 3.8) is 0 Å². The molecule has 2 aromatic heterocycles. The highest BCUT2D eigenvalue weighted by molar-refractivity contribution is 9.09. The number of nitrogens with one attached hydrogen (secondary N) is 1. The topological polar surface area (TPSA) is 110 Å². The molecule has 0 radical (unpaired) electrons. The summed E-state index contributed by atoms with van der Waals surface area (Å²) in [6.45, 7) is 0.421. The van der Waals surface area contributed by atoms with Gasteiger partial charge in [-0.15, -0.1) is 5.10 Å². The second-order valence-electron chi connectivity index (χ2n) is 9.57. The first-order valence-corrected chi connectivity index (χ1v) is 13.5. The molecule has 1 aliphatic heterocycles. The molecule has 0 saturated heterocycles. The van der Waals surface area contributed by atoms with E-state index in [2.05, 4.69) is 48.1 Å². The molecule has 4 aromatic rings. The SMILES string of the molecule is O=C(CBr)Nc1nnc(C2=Cc3ccccc3-c3c(C4CCCCC4)c4ccc(C(=O)O)cc4n3C2)o1. The van der Waals surface area contributed by atoms with Crippen LogP contribution in [0.1, 0.15) is 65.4 Å². The van der Waals surface area contributed by atoms with Crippen LogP contribution in [0.25, 0.3) is 33.8 Å². The molecule has 3 heterocycles. The highest BCUT2D eigenvalue weighted by atomic mass is 79.9. The number of amides is 1. The summed E-state index contributed by atoms with van der Waals surface area (Å²) in [4.78, 5) is 23.7. The molecule has 0 spiro atoms. The Morgan fingerprint density at radius 2 is 1.92 bits per heavy atom. The minimum Gasteiger partial charge on any atom is -0.478 e. The first kappa shape index (κ1) is 23.7. The number of aromatic carboxylic acids is 1. The van der Waals surface area contributed by atoms with Gasteiger partial charge < -0.3 is 14.1 Å². The van der Waals surface area contributed by atoms with Gasteiger partial charge in [0.2, 0.25) is 11.8 Å². The van der Waals surface area contributed by atoms with Crippen LogP contribution in [0.4, 0.5) is 6.01 Å². The molecule has 8 nitrogen and oxygen atoms in total. The van der Waals surface area contributed by atoms with E-state index in [1.807, 2.05) is 24.3 Å². The lowest BCUT2D eigenvalue weighted by atomic mass is 9.81. The maximum atomic E-state index is 11.9. The van der Waals surface area contributed by atoms with Gasteiger partial charge in [-0.25, -0.2) is 4.79 Å². The summed E-state index contributed by atoms with van der Waals surface area (Å²) in [7, 11) is 0. The number of benzene rings is 2. The highest BCUT2D eigenvalue weighted by Gasteiger charge is 2.30. The standard InChI is InChI=1S/C28H25BrN4O4/c29-14-23(34)30-28-32-31-26(37-28)19-12-17-8-4-5-9-20(17)25-24(16-6-2-1-3-7-16)21-11-10-18(27(35)36)13-22(21)33(25)15-19/h4-5,8-13,16H,1-3,6-7,14-15H2,(H,35,36)(H,30,32,34). The van der Waals surface area contributed by atoms with Gasteiger partial charge in [0.1, 0.15) is 0 Å². The van der Waals surface area contributed by atoms with E-state index in [1.165, 1.54) is 24.8 Å². The Morgan fingerprint density at radius 1 is 1.11 bits per heavy atom. The Morgan fingerprint density at radius 3 is 2.70 bits per heavy atom. The van der Waals surface area contributed by atoms with Crippen LogP contribution >= 0.6 is 15.9 Å². The van der Waals surface area contributed by atoms with Gasteiger partial charge >= 0.3 is 12.0 Å². The fraction of sp³-hybridized carbons (Fsp3) is 0.286. The summed E-state index contributed by atoms with van der Waals surface area (Å²) >= 11 is 3.12. The third-order valence-corrected chi connectivity index (χ3v) is 7.81. The third kappa shape index (κ3) is 4.27. The van der Waals surface area contributed by atoms with E-state index in [1.54, 1.807) is 12.1 Å². The number of carboxylic acid groups (broad SMARTS) is 1. The van der Waals surface area contributed by atoms with Crippen molar-refractivity contribution in [3.05, 3.63) is 65.0 Å². The Hall–Kier alpha value is -3.72. The molecule has 0 unspecified atom stereocenters. The number of allylic oxidation sites excluding steroid dienone is 1. The molecular formula is C28H25BrN4O4. The summed E-state index contributed by atoms with van der Waals surface area (Å²) in [5.74, 6) is -0.520. The van der Waals surface area contributed by atoms with Crippen molar-refractivity contribution in [2.45, 2.75) is 44.6 Å². The van der Waals surface area contributed by atoms with E-state index in [-0.39, 0.29) is 22.8 Å². The number of hydrogen-bond donors (Lipinski definition) is 2. The first-order chi connectivity index (χ1) is 18.0. The van der Waals surface area contributed by atoms with Crippen LogP contribution in [0.15, 0.2) is 46.9 Å². The van der Waals surface area contributed by atoms with Gasteiger partial charge in [-0.1, -0.05) is 70.6 Å². The molecule has 6 rings (SSSR count). The first-order valence-electron chi connectivity index (χ1n) is 12.4. The number of carbonyl (C=O) groups excluding carboxylic acids is 1. The Kier molecular flexibility index (Phi) is 6.16. The number of hydrogen-bond acceptors (Lipinski definition) is 5. The average molecular weight is 561 g/mol. The molecule has 0 atom stereocenters. The fourth-order valence-corrected chi connectivity index (χ4v) is 5.84. The fourth-order valence-electron chi connectivity index (χ4n) is 5.70. The molecular weight excluding hydrogens is 536 g/mol. The van der Waals surface area contributed by atoms with Crippen LogP contribution in [-0.4, -0.2) is 37.1 Å². The molecule has 2 aromatic carbocycles. The predicted octanol–water partition coefficient (Wildman–Crippen LogP) is 6.32. The second-order valence-corrected chi connectivity index (χ2v) is 10.1. The molecule has 9 heteroatoms. The van der Waals surface area contributed by atoms with E-state index in [4.69, 9.17) is 4.42 Å². The van der Waals surface area contributed by atoms with Crippen molar-refractivity contribution in [2.24, 2.45) is 0 Å². The summed E-state index contributed by atoms with van der Waals surface area (Å²) < 4.78 is 8.03. The minimum absolute atomic E-state index is 0.0338. The number of carbonyl (C=O) groups is 2. The maximum Gasteiger partial charge on any atom is 0.335 e. The Bertz CT molecular complexity index is 1560. The Labute approximate surface area is 221 Å². The van der Waals surface area contributed by atoms with Crippen molar-refractivity contribution >= 4 is 56.4 Å². The number of carboxylic acids is 1. The molecule has 37 heavy (non-hydrogen) atoms. The maximum absolute atomic E-state index is 11.9. The summed E-state index contributed by atoms with van der Waals surface area (Å²) in [6, 6.07) is 13.7. The number of anilines is 1. The van der Waals surface area contributed by atoms with Gasteiger partial charge in [-0.2, -0.15) is 0 Å². The van der Waals surface area contributed by atoms with Gasteiger partial charge in [0.05, 0.1) is 23.1 Å². The number of alkyl halides is 1. The number of fused-ring (bicyclic) bond motifs is 5. The molecule has 1 aliphatic carbocycles. The minimum atomic E-state index is -0.953. The third-order valence-electron chi connectivity index (χ3n) is 7.31. The van der Waals surface area contributed by atoms with Crippen LogP contribution < -0.4 is 5.32 Å². The van der Waals surface area contributed by atoms with Crippen molar-refractivity contribution in [1.29, 1.82) is 0 Å². The smallest absolute Gasteiger partial charge is 0.335 e. The van der Waals surface area contributed by atoms with E-state index >= 15 is 0 Å². The molecule has 1 saturated carbocycles. The largest absolute Gasteiger partial charge is 0.478 e. The van der Waals surface area contributed by atoms with Gasteiger partial charge in [-0.05, 0) is 48.1 Å². The highest BCUT2D eigenvalue weighted by Crippen LogP contribution is 2.47. The van der Waals surface area contributed by atoms with Crippen molar-refractivity contribution < 1.29 is 19.1 Å². The molecule has 1 fully saturated rings. The van der Waals surface area contributed by atoms with E-state index in [9.17, 15) is 14.7 Å². The quantitative estimate of drug-likeness (QED) is 0.276. The van der Waals surface area contributed by atoms with Crippen LogP contribution in [0, 0.1) is 0 Å². The van der Waals surface area contributed by atoms with Crippen molar-refractivity contribution in [1.82, 2.24) is 14.8 Å². The number of aromatic nitrogens is 3. The monoisotopic (exact) mass is 560 g/mol. The zero-order valence-electron chi connectivity index (χ0n) is 20.0. The van der Waals surface area contributed by atoms with Gasteiger partial charge in [0.25, 0.3) is 0 Å². The number of halogens is 1. The van der Waals surface area contributed by atoms with E-state index in [0.29, 0.717) is 18.4 Å². The lowest BCUT2D eigenvalue weighted by Crippen LogP contribution is -2.12. The lowest BCUT2D eigenvalue weighted by molar-refractivity contribution is -0.113. The normalized spacial score (nSPS) is 15.5. The van der Waals surface area contributed by atoms with Gasteiger partial charge in [0, 0.05) is 22.0 Å². The van der Waals surface area contributed by atoms with Gasteiger partial charge in [-0.3, -0.25) is 10.1 Å². The molecule has 1 amide bonds. The predicted molar refractivity (Wildman–Crippen MR) is 145 cm³/mol. The van der Waals surface area contributed by atoms with E-state index < -0.39 is 5.97 Å². The number of nitrogens with zero attached hydrogens (tertiary/aromatic N) is 3. The van der Waals surface area contributed by atoms with Crippen LogP contribution in [-0.2, 0) is 11.3 Å². The summed E-state index contributed by atoms with van der Waals surface area (Å²) in [6.07, 6.45) is 7.93. The van der Waals surface area contributed by atoms with Crippen molar-refractivity contribution in [2.75, 3.05) is 10.6 Å². The average Bonchev–Trinajstić information content (AvgIpc) is 3.46. The molecule has 188 valence electrons. The zero-order valence-corrected chi connectivity index (χ0v) is 21.6. The lowest BCUT2D eigenvalue weighted by Gasteiger charge is -2.24. The molecule has 2 aliphatic rings. The summed E-state index contributed by atoms with van der Waals surface area (Å²) in [5, 5.41) is 21.8. The van der Waals surface area contributed by atoms with Crippen LogP contribution in [0.5, 0.6) is 0 Å². The second kappa shape index (κ2) is 9.63. The van der Waals surface area contributed by atoms with Gasteiger partial charge in [0.15, 0.2) is 0 Å². The molecule has 2 N–H and O–H groups in total. The van der Waals surface area contributed by atoms with Crippen LogP contribution in [0.3, 0.4) is 0 Å². The number of rotatable bonds is 5. The van der Waals surface area contributed by atoms with Crippen molar-refractivity contribution in [3.8, 4) is 11.3 Å². The van der Waals surface area contributed by atoms with Crippen LogP contribution in [0.2, 0.25) is 0 Å². The summed E-state index contributed by atoms with van der Waals surface area (Å²) in [5.41, 5.74) is 6.46. The zero-order chi connectivity index (χ0) is 25.5. The molecule has 0 bridgehead atoms.